The average molecular weight is 385 g/mol. The van der Waals surface area contributed by atoms with Crippen molar-refractivity contribution in [1.82, 2.24) is 15.4 Å². The van der Waals surface area contributed by atoms with Crippen LogP contribution in [-0.4, -0.2) is 50.3 Å². The van der Waals surface area contributed by atoms with Crippen LogP contribution in [0.2, 0.25) is 0 Å². The van der Waals surface area contributed by atoms with E-state index in [0.717, 1.165) is 37.2 Å². The van der Waals surface area contributed by atoms with E-state index in [4.69, 9.17) is 14.3 Å². The Kier molecular flexibility index (Phi) is 6.84. The monoisotopic (exact) mass is 385 g/mol. The number of benzene rings is 1. The van der Waals surface area contributed by atoms with Gasteiger partial charge in [-0.25, -0.2) is 10.0 Å². The van der Waals surface area contributed by atoms with Crippen LogP contribution in [-0.2, 0) is 11.4 Å². The van der Waals surface area contributed by atoms with Crippen molar-refractivity contribution in [1.29, 1.82) is 0 Å². The molecular formula is C21H27N3O4. The maximum atomic E-state index is 12.2. The lowest BCUT2D eigenvalue weighted by Crippen LogP contribution is -2.27. The number of hydrogen-bond acceptors (Lipinski definition) is 6. The van der Waals surface area contributed by atoms with Gasteiger partial charge in [0.1, 0.15) is 12.4 Å². The number of carbonyl (C=O) groups excluding carboxylic acids is 1. The maximum absolute atomic E-state index is 12.2. The van der Waals surface area contributed by atoms with E-state index in [-0.39, 0.29) is 5.91 Å². The maximum Gasteiger partial charge on any atom is 0.277 e. The Morgan fingerprint density at radius 1 is 1.21 bits per heavy atom. The van der Waals surface area contributed by atoms with Crippen molar-refractivity contribution in [2.75, 3.05) is 34.4 Å². The number of aromatic nitrogens is 1. The second-order valence-electron chi connectivity index (χ2n) is 6.73. The van der Waals surface area contributed by atoms with Gasteiger partial charge in [-0.3, -0.25) is 9.63 Å². The third-order valence-electron chi connectivity index (χ3n) is 4.97. The molecule has 1 aromatic carbocycles. The molecule has 1 amide bonds. The van der Waals surface area contributed by atoms with E-state index in [1.807, 2.05) is 18.2 Å². The number of piperidine rings is 1. The van der Waals surface area contributed by atoms with Crippen LogP contribution in [0.5, 0.6) is 11.6 Å². The number of hydrogen-bond donors (Lipinski definition) is 1. The molecule has 1 saturated heterocycles. The predicted octanol–water partition coefficient (Wildman–Crippen LogP) is 2.77. The number of nitrogens with one attached hydrogen (secondary N) is 1. The third-order valence-corrected chi connectivity index (χ3v) is 4.97. The van der Waals surface area contributed by atoms with Crippen LogP contribution >= 0.6 is 0 Å². The molecular weight excluding hydrogens is 358 g/mol. The summed E-state index contributed by atoms with van der Waals surface area (Å²) in [5, 5.41) is 4.54. The normalized spacial score (nSPS) is 14.5. The van der Waals surface area contributed by atoms with Crippen LogP contribution in [0, 0.1) is 0 Å². The van der Waals surface area contributed by atoms with Gasteiger partial charge in [-0.05, 0) is 44.1 Å². The van der Waals surface area contributed by atoms with E-state index in [9.17, 15) is 4.79 Å². The van der Waals surface area contributed by atoms with Crippen LogP contribution < -0.4 is 14.8 Å². The first-order valence-electron chi connectivity index (χ1n) is 9.42. The number of carbonyl (C=O) groups is 1. The Morgan fingerprint density at radius 3 is 2.71 bits per heavy atom. The molecule has 0 radical (unpaired) electrons. The molecule has 0 unspecified atom stereocenters. The number of rotatable bonds is 7. The Bertz CT molecular complexity index is 806. The van der Waals surface area contributed by atoms with Gasteiger partial charge in [0.2, 0.25) is 5.88 Å². The summed E-state index contributed by atoms with van der Waals surface area (Å²) in [6, 6.07) is 11.2. The summed E-state index contributed by atoms with van der Waals surface area (Å²) >= 11 is 0. The standard InChI is InChI=1S/C21H27N3O4/c1-24(27-3)21(25)16-7-8-17(19(13-16)26-2)14-28-20-6-4-5-18(23-20)15-9-11-22-12-10-15/h4-8,13,15,22H,9-12,14H2,1-3H3. The Hall–Kier alpha value is -2.64. The van der Waals surface area contributed by atoms with Crippen molar-refractivity contribution < 1.29 is 19.1 Å². The zero-order valence-electron chi connectivity index (χ0n) is 16.6. The number of methoxy groups -OCH3 is 1. The smallest absolute Gasteiger partial charge is 0.277 e. The van der Waals surface area contributed by atoms with Gasteiger partial charge in [-0.2, -0.15) is 0 Å². The van der Waals surface area contributed by atoms with Crippen LogP contribution in [0.25, 0.3) is 0 Å². The van der Waals surface area contributed by atoms with Crippen LogP contribution in [0.1, 0.15) is 40.4 Å². The molecule has 0 atom stereocenters. The highest BCUT2D eigenvalue weighted by Gasteiger charge is 2.17. The first-order chi connectivity index (χ1) is 13.6. The molecule has 7 heteroatoms. The zero-order valence-corrected chi connectivity index (χ0v) is 16.6. The van der Waals surface area contributed by atoms with Gasteiger partial charge in [0, 0.05) is 35.9 Å². The zero-order chi connectivity index (χ0) is 19.9. The largest absolute Gasteiger partial charge is 0.496 e. The highest BCUT2D eigenvalue weighted by molar-refractivity contribution is 5.93. The summed E-state index contributed by atoms with van der Waals surface area (Å²) in [6.07, 6.45) is 2.19. The summed E-state index contributed by atoms with van der Waals surface area (Å²) in [6.45, 7) is 2.36. The van der Waals surface area contributed by atoms with Gasteiger partial charge in [-0.1, -0.05) is 12.1 Å². The van der Waals surface area contributed by atoms with Crippen LogP contribution in [0.4, 0.5) is 0 Å². The molecule has 2 aromatic rings. The molecule has 0 aliphatic carbocycles. The number of pyridine rings is 1. The molecule has 0 spiro atoms. The second kappa shape index (κ2) is 9.52. The Labute approximate surface area is 165 Å². The van der Waals surface area contributed by atoms with Crippen molar-refractivity contribution in [2.24, 2.45) is 0 Å². The Balaban J connectivity index is 1.69. The first-order valence-corrected chi connectivity index (χ1v) is 9.42. The third kappa shape index (κ3) is 4.79. The molecule has 1 aliphatic rings. The SMILES string of the molecule is COc1cc(C(=O)N(C)OC)ccc1COc1cccc(C2CCNCC2)n1. The molecule has 3 rings (SSSR count). The highest BCUT2D eigenvalue weighted by atomic mass is 16.7. The van der Waals surface area contributed by atoms with E-state index >= 15 is 0 Å². The van der Waals surface area contributed by atoms with E-state index in [1.165, 1.54) is 12.2 Å². The lowest BCUT2D eigenvalue weighted by molar-refractivity contribution is -0.0757. The summed E-state index contributed by atoms with van der Waals surface area (Å²) < 4.78 is 11.3. The van der Waals surface area contributed by atoms with Gasteiger partial charge in [0.05, 0.1) is 14.2 Å². The van der Waals surface area contributed by atoms with E-state index in [1.54, 1.807) is 26.3 Å². The molecule has 1 N–H and O–H groups in total. The van der Waals surface area contributed by atoms with Gasteiger partial charge in [0.25, 0.3) is 5.91 Å². The van der Waals surface area contributed by atoms with Gasteiger partial charge in [0.15, 0.2) is 0 Å². The fraction of sp³-hybridized carbons (Fsp3) is 0.429. The van der Waals surface area contributed by atoms with Gasteiger partial charge < -0.3 is 14.8 Å². The summed E-state index contributed by atoms with van der Waals surface area (Å²) in [4.78, 5) is 21.8. The number of amides is 1. The highest BCUT2D eigenvalue weighted by Crippen LogP contribution is 2.26. The minimum Gasteiger partial charge on any atom is -0.496 e. The Morgan fingerprint density at radius 2 is 2.00 bits per heavy atom. The minimum atomic E-state index is -0.246. The fourth-order valence-electron chi connectivity index (χ4n) is 3.27. The number of hydroxylamine groups is 2. The van der Waals surface area contributed by atoms with E-state index < -0.39 is 0 Å². The summed E-state index contributed by atoms with van der Waals surface area (Å²) in [5.41, 5.74) is 2.40. The topological polar surface area (TPSA) is 72.9 Å². The minimum absolute atomic E-state index is 0.246. The first kappa shape index (κ1) is 20.1. The lowest BCUT2D eigenvalue weighted by Gasteiger charge is -2.22. The number of nitrogens with zero attached hydrogens (tertiary/aromatic N) is 2. The molecule has 1 aromatic heterocycles. The summed E-state index contributed by atoms with van der Waals surface area (Å²) in [7, 11) is 4.58. The molecule has 2 heterocycles. The van der Waals surface area contributed by atoms with Crippen molar-refractivity contribution in [3.05, 3.63) is 53.2 Å². The molecule has 28 heavy (non-hydrogen) atoms. The molecule has 1 fully saturated rings. The molecule has 7 nitrogen and oxygen atoms in total. The quantitative estimate of drug-likeness (QED) is 0.739. The average Bonchev–Trinajstić information content (AvgIpc) is 2.77. The lowest BCUT2D eigenvalue weighted by atomic mass is 9.94. The number of ether oxygens (including phenoxy) is 2. The van der Waals surface area contributed by atoms with Crippen molar-refractivity contribution >= 4 is 5.91 Å². The predicted molar refractivity (Wildman–Crippen MR) is 106 cm³/mol. The van der Waals surface area contributed by atoms with Crippen LogP contribution in [0.15, 0.2) is 36.4 Å². The molecule has 0 bridgehead atoms. The second-order valence-corrected chi connectivity index (χ2v) is 6.73. The van der Waals surface area contributed by atoms with Crippen LogP contribution in [0.3, 0.4) is 0 Å². The van der Waals surface area contributed by atoms with E-state index in [0.29, 0.717) is 29.7 Å². The molecule has 0 saturated carbocycles. The van der Waals surface area contributed by atoms with Crippen molar-refractivity contribution in [3.8, 4) is 11.6 Å². The van der Waals surface area contributed by atoms with Crippen molar-refractivity contribution in [2.45, 2.75) is 25.4 Å². The van der Waals surface area contributed by atoms with Gasteiger partial charge >= 0.3 is 0 Å². The van der Waals surface area contributed by atoms with E-state index in [2.05, 4.69) is 16.4 Å². The fourth-order valence-corrected chi connectivity index (χ4v) is 3.27. The van der Waals surface area contributed by atoms with Gasteiger partial charge in [-0.15, -0.1) is 0 Å². The molecule has 150 valence electrons. The summed E-state index contributed by atoms with van der Waals surface area (Å²) in [5.74, 6) is 1.41. The van der Waals surface area contributed by atoms with Crippen molar-refractivity contribution in [3.63, 3.8) is 0 Å². The molecule has 1 aliphatic heterocycles.